The molecule has 2 aromatic rings. The Balaban J connectivity index is 2.16. The van der Waals surface area contributed by atoms with Crippen LogP contribution in [0.25, 0.3) is 0 Å². The van der Waals surface area contributed by atoms with Gasteiger partial charge in [-0.3, -0.25) is 0 Å². The maximum atomic E-state index is 5.43. The molecule has 2 heterocycles. The summed E-state index contributed by atoms with van der Waals surface area (Å²) in [6.07, 6.45) is 3.62. The number of nitrogens with two attached hydrogens (primary N) is 1. The van der Waals surface area contributed by atoms with Crippen LogP contribution >= 0.6 is 11.3 Å². The number of rotatable bonds is 6. The van der Waals surface area contributed by atoms with Crippen molar-refractivity contribution in [3.05, 3.63) is 28.5 Å². The van der Waals surface area contributed by atoms with E-state index in [0.717, 1.165) is 29.5 Å². The van der Waals surface area contributed by atoms with Gasteiger partial charge < -0.3 is 10.7 Å². The van der Waals surface area contributed by atoms with E-state index in [-0.39, 0.29) is 6.04 Å². The highest BCUT2D eigenvalue weighted by molar-refractivity contribution is 7.09. The van der Waals surface area contributed by atoms with E-state index < -0.39 is 0 Å². The first-order chi connectivity index (χ1) is 9.22. The molecule has 6 nitrogen and oxygen atoms in total. The molecular formula is C12H18N6S. The summed E-state index contributed by atoms with van der Waals surface area (Å²) in [5.41, 5.74) is 2.57. The normalized spacial score (nSPS) is 12.2. The van der Waals surface area contributed by atoms with Crippen LogP contribution in [0.1, 0.15) is 37.1 Å². The molecule has 0 radical (unpaired) electrons. The number of hydrogen-bond acceptors (Lipinski definition) is 7. The fraction of sp³-hybridized carbons (Fsp3) is 0.417. The Bertz CT molecular complexity index is 513. The van der Waals surface area contributed by atoms with Gasteiger partial charge in [0.2, 0.25) is 0 Å². The van der Waals surface area contributed by atoms with Crippen molar-refractivity contribution in [1.29, 1.82) is 0 Å². The number of nitrogen functional groups attached to an aromatic ring is 1. The van der Waals surface area contributed by atoms with E-state index in [1.54, 1.807) is 23.6 Å². The minimum atomic E-state index is 0.106. The minimum absolute atomic E-state index is 0.106. The number of aromatic nitrogens is 3. The van der Waals surface area contributed by atoms with E-state index >= 15 is 0 Å². The van der Waals surface area contributed by atoms with Crippen LogP contribution in [-0.2, 0) is 6.42 Å². The summed E-state index contributed by atoms with van der Waals surface area (Å²) in [7, 11) is 0. The summed E-state index contributed by atoms with van der Waals surface area (Å²) in [6.45, 7) is 4.15. The van der Waals surface area contributed by atoms with Gasteiger partial charge in [0.1, 0.15) is 22.5 Å². The van der Waals surface area contributed by atoms with Crippen molar-refractivity contribution < 1.29 is 0 Å². The first-order valence-electron chi connectivity index (χ1n) is 6.23. The van der Waals surface area contributed by atoms with Crippen LogP contribution in [-0.4, -0.2) is 15.0 Å². The highest BCUT2D eigenvalue weighted by Crippen LogP contribution is 2.21. The Morgan fingerprint density at radius 2 is 2.16 bits per heavy atom. The van der Waals surface area contributed by atoms with Crippen molar-refractivity contribution in [2.45, 2.75) is 32.7 Å². The Morgan fingerprint density at radius 1 is 1.37 bits per heavy atom. The van der Waals surface area contributed by atoms with E-state index in [0.29, 0.717) is 5.82 Å². The van der Waals surface area contributed by atoms with Crippen LogP contribution in [0, 0.1) is 0 Å². The van der Waals surface area contributed by atoms with Gasteiger partial charge in [-0.15, -0.1) is 11.3 Å². The van der Waals surface area contributed by atoms with Crippen LogP contribution in [0.4, 0.5) is 11.6 Å². The molecule has 7 heteroatoms. The van der Waals surface area contributed by atoms with Crippen molar-refractivity contribution in [2.24, 2.45) is 5.84 Å². The largest absolute Gasteiger partial charge is 0.361 e. The summed E-state index contributed by atoms with van der Waals surface area (Å²) >= 11 is 1.62. The third-order valence-corrected chi connectivity index (χ3v) is 3.54. The molecule has 2 aromatic heterocycles. The molecule has 102 valence electrons. The summed E-state index contributed by atoms with van der Waals surface area (Å²) in [4.78, 5) is 13.1. The molecule has 0 fully saturated rings. The van der Waals surface area contributed by atoms with Crippen molar-refractivity contribution in [3.63, 3.8) is 0 Å². The van der Waals surface area contributed by atoms with E-state index in [2.05, 4.69) is 39.5 Å². The molecule has 19 heavy (non-hydrogen) atoms. The molecule has 4 N–H and O–H groups in total. The first kappa shape index (κ1) is 13.7. The SMILES string of the molecule is CCCc1nc(NN)cc(NC(C)c2nccs2)n1. The predicted molar refractivity (Wildman–Crippen MR) is 78.0 cm³/mol. The van der Waals surface area contributed by atoms with Gasteiger partial charge in [-0.25, -0.2) is 20.8 Å². The zero-order valence-corrected chi connectivity index (χ0v) is 11.9. The van der Waals surface area contributed by atoms with Crippen LogP contribution in [0.2, 0.25) is 0 Å². The Kier molecular flexibility index (Phi) is 4.64. The molecule has 0 aliphatic heterocycles. The number of thiazole rings is 1. The van der Waals surface area contributed by atoms with Gasteiger partial charge in [0.25, 0.3) is 0 Å². The lowest BCUT2D eigenvalue weighted by atomic mass is 10.3. The quantitative estimate of drug-likeness (QED) is 0.555. The number of nitrogens with zero attached hydrogens (tertiary/aromatic N) is 3. The van der Waals surface area contributed by atoms with Crippen molar-refractivity contribution in [3.8, 4) is 0 Å². The first-order valence-corrected chi connectivity index (χ1v) is 7.11. The second kappa shape index (κ2) is 6.44. The number of aryl methyl sites for hydroxylation is 1. The Morgan fingerprint density at radius 3 is 2.79 bits per heavy atom. The fourth-order valence-corrected chi connectivity index (χ4v) is 2.36. The lowest BCUT2D eigenvalue weighted by Crippen LogP contribution is -2.13. The third-order valence-electron chi connectivity index (χ3n) is 2.58. The van der Waals surface area contributed by atoms with Gasteiger partial charge in [0.15, 0.2) is 0 Å². The molecule has 1 atom stereocenters. The van der Waals surface area contributed by atoms with Crippen molar-refractivity contribution >= 4 is 23.0 Å². The van der Waals surface area contributed by atoms with Crippen LogP contribution in [0.3, 0.4) is 0 Å². The summed E-state index contributed by atoms with van der Waals surface area (Å²) in [5.74, 6) is 7.59. The average Bonchev–Trinajstić information content (AvgIpc) is 2.92. The lowest BCUT2D eigenvalue weighted by molar-refractivity contribution is 0.816. The number of anilines is 2. The molecule has 0 aliphatic rings. The maximum Gasteiger partial charge on any atom is 0.145 e. The zero-order chi connectivity index (χ0) is 13.7. The van der Waals surface area contributed by atoms with Gasteiger partial charge >= 0.3 is 0 Å². The van der Waals surface area contributed by atoms with E-state index in [4.69, 9.17) is 5.84 Å². The second-order valence-electron chi connectivity index (χ2n) is 4.19. The van der Waals surface area contributed by atoms with Gasteiger partial charge in [0, 0.05) is 24.1 Å². The van der Waals surface area contributed by atoms with Crippen molar-refractivity contribution in [2.75, 3.05) is 10.7 Å². The highest BCUT2D eigenvalue weighted by Gasteiger charge is 2.10. The standard InChI is InChI=1S/C12H18N6S/c1-3-4-9-16-10(7-11(17-9)18-13)15-8(2)12-14-5-6-19-12/h5-8H,3-4,13H2,1-2H3,(H2,15,16,17,18). The molecule has 0 aliphatic carbocycles. The molecule has 0 saturated carbocycles. The van der Waals surface area contributed by atoms with Crippen molar-refractivity contribution in [1.82, 2.24) is 15.0 Å². The van der Waals surface area contributed by atoms with Crippen LogP contribution < -0.4 is 16.6 Å². The fourth-order valence-electron chi connectivity index (χ4n) is 1.71. The molecular weight excluding hydrogens is 260 g/mol. The predicted octanol–water partition coefficient (Wildman–Crippen LogP) is 2.34. The number of nitrogens with one attached hydrogen (secondary N) is 2. The average molecular weight is 278 g/mol. The second-order valence-corrected chi connectivity index (χ2v) is 5.11. The Hall–Kier alpha value is -1.73. The number of hydrazine groups is 1. The summed E-state index contributed by atoms with van der Waals surface area (Å²) in [5, 5.41) is 6.31. The lowest BCUT2D eigenvalue weighted by Gasteiger charge is -2.13. The van der Waals surface area contributed by atoms with Gasteiger partial charge in [-0.1, -0.05) is 6.92 Å². The maximum absolute atomic E-state index is 5.43. The zero-order valence-electron chi connectivity index (χ0n) is 11.1. The molecule has 0 aromatic carbocycles. The Labute approximate surface area is 116 Å². The topological polar surface area (TPSA) is 88.8 Å². The van der Waals surface area contributed by atoms with E-state index in [1.165, 1.54) is 0 Å². The molecule has 0 saturated heterocycles. The molecule has 0 amide bonds. The third kappa shape index (κ3) is 3.62. The van der Waals surface area contributed by atoms with Crippen LogP contribution in [0.5, 0.6) is 0 Å². The highest BCUT2D eigenvalue weighted by atomic mass is 32.1. The minimum Gasteiger partial charge on any atom is -0.361 e. The number of hydrogen-bond donors (Lipinski definition) is 3. The van der Waals surface area contributed by atoms with Gasteiger partial charge in [0.05, 0.1) is 6.04 Å². The van der Waals surface area contributed by atoms with Crippen LogP contribution in [0.15, 0.2) is 17.6 Å². The molecule has 2 rings (SSSR count). The molecule has 1 unspecified atom stereocenters. The van der Waals surface area contributed by atoms with E-state index in [1.807, 2.05) is 5.38 Å². The molecule has 0 spiro atoms. The smallest absolute Gasteiger partial charge is 0.145 e. The summed E-state index contributed by atoms with van der Waals surface area (Å²) < 4.78 is 0. The van der Waals surface area contributed by atoms with Gasteiger partial charge in [-0.2, -0.15) is 0 Å². The monoisotopic (exact) mass is 278 g/mol. The summed E-state index contributed by atoms with van der Waals surface area (Å²) in [6, 6.07) is 1.90. The van der Waals surface area contributed by atoms with Gasteiger partial charge in [-0.05, 0) is 13.3 Å². The van der Waals surface area contributed by atoms with E-state index in [9.17, 15) is 0 Å². The molecule has 0 bridgehead atoms.